The van der Waals surface area contributed by atoms with Gasteiger partial charge in [0.2, 0.25) is 5.23 Å². The molecular formula is C4H9NOS. The molecule has 0 fully saturated rings. The number of thioether (sulfide) groups is 1. The van der Waals surface area contributed by atoms with E-state index in [4.69, 9.17) is 10.1 Å². The Morgan fingerprint density at radius 1 is 1.86 bits per heavy atom. The zero-order chi connectivity index (χ0) is 5.70. The van der Waals surface area contributed by atoms with Crippen LogP contribution in [0.1, 0.15) is 6.92 Å². The number of nitrogens with one attached hydrogen (secondary N) is 1. The van der Waals surface area contributed by atoms with E-state index in [2.05, 4.69) is 0 Å². The van der Waals surface area contributed by atoms with Crippen LogP contribution in [0.4, 0.5) is 0 Å². The van der Waals surface area contributed by atoms with E-state index in [-0.39, 0.29) is 0 Å². The fourth-order valence-electron chi connectivity index (χ4n) is 0.190. The van der Waals surface area contributed by atoms with Gasteiger partial charge in [0.25, 0.3) is 0 Å². The van der Waals surface area contributed by atoms with Gasteiger partial charge in [-0.3, -0.25) is 5.41 Å². The molecule has 0 bridgehead atoms. The topological polar surface area (TPSA) is 33.1 Å². The summed E-state index contributed by atoms with van der Waals surface area (Å²) in [6.07, 6.45) is 1.82. The maximum Gasteiger partial charge on any atom is 0.242 e. The maximum atomic E-state index is 6.88. The van der Waals surface area contributed by atoms with Crippen molar-refractivity contribution in [3.05, 3.63) is 0 Å². The molecule has 3 heteroatoms. The molecular weight excluding hydrogens is 110 g/mol. The van der Waals surface area contributed by atoms with Crippen molar-refractivity contribution in [2.24, 2.45) is 0 Å². The van der Waals surface area contributed by atoms with Crippen molar-refractivity contribution in [2.75, 3.05) is 12.9 Å². The van der Waals surface area contributed by atoms with Crippen LogP contribution in [0.3, 0.4) is 0 Å². The lowest BCUT2D eigenvalue weighted by Gasteiger charge is -1.96. The summed E-state index contributed by atoms with van der Waals surface area (Å²) in [5.41, 5.74) is 0. The summed E-state index contributed by atoms with van der Waals surface area (Å²) in [5, 5.41) is 7.17. The summed E-state index contributed by atoms with van der Waals surface area (Å²) in [5.74, 6) is 0. The molecule has 0 aromatic carbocycles. The van der Waals surface area contributed by atoms with Crippen LogP contribution in [0.25, 0.3) is 0 Å². The van der Waals surface area contributed by atoms with Gasteiger partial charge in [-0.2, -0.15) is 0 Å². The smallest absolute Gasteiger partial charge is 0.242 e. The zero-order valence-corrected chi connectivity index (χ0v) is 5.34. The lowest BCUT2D eigenvalue weighted by molar-refractivity contribution is 0.335. The highest BCUT2D eigenvalue weighted by Gasteiger charge is 1.86. The second kappa shape index (κ2) is 3.99. The van der Waals surface area contributed by atoms with E-state index in [1.807, 2.05) is 13.2 Å². The Hall–Kier alpha value is -0.180. The van der Waals surface area contributed by atoms with E-state index in [1.165, 1.54) is 11.8 Å². The van der Waals surface area contributed by atoms with Gasteiger partial charge < -0.3 is 4.74 Å². The van der Waals surface area contributed by atoms with Gasteiger partial charge in [-0.25, -0.2) is 0 Å². The van der Waals surface area contributed by atoms with Crippen molar-refractivity contribution >= 4 is 17.0 Å². The Morgan fingerprint density at radius 3 is 2.57 bits per heavy atom. The standard InChI is InChI=1S/C4H9NOS/c1-3-6-4(5)7-2/h5H,3H2,1-2H3. The molecule has 0 unspecified atom stereocenters. The Kier molecular flexibility index (Phi) is 3.89. The van der Waals surface area contributed by atoms with E-state index < -0.39 is 0 Å². The maximum absolute atomic E-state index is 6.88. The zero-order valence-electron chi connectivity index (χ0n) is 4.52. The summed E-state index contributed by atoms with van der Waals surface area (Å²) < 4.78 is 4.74. The van der Waals surface area contributed by atoms with Gasteiger partial charge in [-0.15, -0.1) is 0 Å². The first kappa shape index (κ1) is 6.82. The van der Waals surface area contributed by atoms with Crippen molar-refractivity contribution in [3.63, 3.8) is 0 Å². The first-order valence-corrected chi connectivity index (χ1v) is 3.29. The lowest BCUT2D eigenvalue weighted by atomic mass is 10.9. The molecule has 7 heavy (non-hydrogen) atoms. The molecule has 0 atom stereocenters. The number of hydrogen-bond acceptors (Lipinski definition) is 3. The third kappa shape index (κ3) is 3.66. The molecule has 0 heterocycles. The third-order valence-corrected chi connectivity index (χ3v) is 0.949. The van der Waals surface area contributed by atoms with E-state index in [9.17, 15) is 0 Å². The van der Waals surface area contributed by atoms with E-state index in [0.29, 0.717) is 11.8 Å². The molecule has 0 saturated carbocycles. The first-order valence-electron chi connectivity index (χ1n) is 2.06. The molecule has 0 amide bonds. The molecule has 0 aliphatic heterocycles. The number of ether oxygens (including phenoxy) is 1. The predicted octanol–water partition coefficient (Wildman–Crippen LogP) is 1.32. The van der Waals surface area contributed by atoms with Crippen LogP contribution in [0.15, 0.2) is 0 Å². The molecule has 0 aliphatic carbocycles. The summed E-state index contributed by atoms with van der Waals surface area (Å²) in [6.45, 7) is 2.46. The minimum absolute atomic E-state index is 0.294. The highest BCUT2D eigenvalue weighted by Crippen LogP contribution is 1.94. The Bertz CT molecular complexity index is 64.7. The van der Waals surface area contributed by atoms with Crippen LogP contribution in [0.2, 0.25) is 0 Å². The Morgan fingerprint density at radius 2 is 2.43 bits per heavy atom. The van der Waals surface area contributed by atoms with E-state index >= 15 is 0 Å². The third-order valence-electron chi connectivity index (χ3n) is 0.461. The number of hydrogen-bond donors (Lipinski definition) is 1. The highest BCUT2D eigenvalue weighted by atomic mass is 32.2. The summed E-state index contributed by atoms with van der Waals surface area (Å²) >= 11 is 1.31. The minimum atomic E-state index is 0.294. The SMILES string of the molecule is CCOC(=N)SC. The monoisotopic (exact) mass is 119 g/mol. The van der Waals surface area contributed by atoms with Gasteiger partial charge in [-0.1, -0.05) is 11.8 Å². The fourth-order valence-corrected chi connectivity index (χ4v) is 0.426. The first-order chi connectivity index (χ1) is 3.31. The minimum Gasteiger partial charge on any atom is -0.474 e. The second-order valence-electron chi connectivity index (χ2n) is 0.925. The van der Waals surface area contributed by atoms with Crippen LogP contribution < -0.4 is 0 Å². The van der Waals surface area contributed by atoms with Crippen molar-refractivity contribution in [2.45, 2.75) is 6.92 Å². The summed E-state index contributed by atoms with van der Waals surface area (Å²) in [6, 6.07) is 0. The highest BCUT2D eigenvalue weighted by molar-refractivity contribution is 8.12. The van der Waals surface area contributed by atoms with Crippen LogP contribution >= 0.6 is 11.8 Å². The average Bonchev–Trinajstić information content (AvgIpc) is 1.68. The molecule has 42 valence electrons. The molecule has 0 saturated heterocycles. The summed E-state index contributed by atoms with van der Waals surface area (Å²) in [4.78, 5) is 0. The molecule has 0 aliphatic rings. The van der Waals surface area contributed by atoms with Gasteiger partial charge in [0, 0.05) is 0 Å². The molecule has 0 spiro atoms. The molecule has 0 aromatic rings. The van der Waals surface area contributed by atoms with Gasteiger partial charge >= 0.3 is 0 Å². The molecule has 1 N–H and O–H groups in total. The van der Waals surface area contributed by atoms with Gasteiger partial charge in [-0.05, 0) is 13.2 Å². The average molecular weight is 119 g/mol. The quantitative estimate of drug-likeness (QED) is 0.417. The van der Waals surface area contributed by atoms with Crippen LogP contribution in [-0.4, -0.2) is 18.1 Å². The predicted molar refractivity (Wildman–Crippen MR) is 32.9 cm³/mol. The molecule has 0 rings (SSSR count). The molecule has 0 radical (unpaired) electrons. The Balaban J connectivity index is 3.00. The van der Waals surface area contributed by atoms with Crippen molar-refractivity contribution in [1.82, 2.24) is 0 Å². The lowest BCUT2D eigenvalue weighted by Crippen LogP contribution is -1.94. The van der Waals surface area contributed by atoms with Crippen LogP contribution in [0.5, 0.6) is 0 Å². The number of rotatable bonds is 1. The van der Waals surface area contributed by atoms with Crippen LogP contribution in [-0.2, 0) is 4.74 Å². The largest absolute Gasteiger partial charge is 0.474 e. The molecule has 2 nitrogen and oxygen atoms in total. The van der Waals surface area contributed by atoms with Gasteiger partial charge in [0.05, 0.1) is 6.61 Å². The van der Waals surface area contributed by atoms with Gasteiger partial charge in [0.15, 0.2) is 0 Å². The van der Waals surface area contributed by atoms with Crippen molar-refractivity contribution < 1.29 is 4.74 Å². The van der Waals surface area contributed by atoms with Crippen LogP contribution in [0, 0.1) is 5.41 Å². The Labute approximate surface area is 47.8 Å². The second-order valence-corrected chi connectivity index (χ2v) is 1.70. The van der Waals surface area contributed by atoms with Gasteiger partial charge in [0.1, 0.15) is 0 Å². The fraction of sp³-hybridized carbons (Fsp3) is 0.750. The summed E-state index contributed by atoms with van der Waals surface area (Å²) in [7, 11) is 0. The molecule has 0 aromatic heterocycles. The normalized spacial score (nSPS) is 8.29. The van der Waals surface area contributed by atoms with E-state index in [1.54, 1.807) is 0 Å². The van der Waals surface area contributed by atoms with Crippen molar-refractivity contribution in [1.29, 1.82) is 5.41 Å². The van der Waals surface area contributed by atoms with Crippen molar-refractivity contribution in [3.8, 4) is 0 Å². The van der Waals surface area contributed by atoms with E-state index in [0.717, 1.165) is 0 Å².